The number of aryl methyl sites for hydroxylation is 4. The predicted octanol–water partition coefficient (Wildman–Crippen LogP) is 2.03. The number of hydrogen-bond donors (Lipinski definition) is 1. The normalized spacial score (nSPS) is 12.7. The van der Waals surface area contributed by atoms with Crippen LogP contribution in [0.1, 0.15) is 41.0 Å². The molecule has 0 aliphatic heterocycles. The lowest BCUT2D eigenvalue weighted by Crippen LogP contribution is -2.25. The van der Waals surface area contributed by atoms with E-state index < -0.39 is 0 Å². The second-order valence-corrected chi connectivity index (χ2v) is 5.32. The van der Waals surface area contributed by atoms with Crippen LogP contribution in [0.3, 0.4) is 0 Å². The van der Waals surface area contributed by atoms with Crippen molar-refractivity contribution >= 4 is 0 Å². The average Bonchev–Trinajstić information content (AvgIpc) is 2.73. The highest BCUT2D eigenvalue weighted by Crippen LogP contribution is 2.25. The fraction of sp³-hybridized carbons (Fsp3) is 0.533. The minimum Gasteiger partial charge on any atom is -0.310 e. The van der Waals surface area contributed by atoms with Crippen LogP contribution in [-0.2, 0) is 13.5 Å². The van der Waals surface area contributed by atoms with Crippen molar-refractivity contribution in [1.82, 2.24) is 25.5 Å². The van der Waals surface area contributed by atoms with Gasteiger partial charge in [-0.15, -0.1) is 10.2 Å². The van der Waals surface area contributed by atoms with Gasteiger partial charge in [-0.2, -0.15) is 4.80 Å². The van der Waals surface area contributed by atoms with Crippen LogP contribution in [0.5, 0.6) is 0 Å². The first-order valence-electron chi connectivity index (χ1n) is 7.05. The third kappa shape index (κ3) is 3.22. The number of tetrazole rings is 1. The van der Waals surface area contributed by atoms with Crippen molar-refractivity contribution in [3.8, 4) is 0 Å². The Balaban J connectivity index is 2.33. The number of likely N-dealkylation sites (N-methyl/N-ethyl adjacent to an activating group) is 1. The molecule has 0 radical (unpaired) electrons. The molecule has 2 rings (SSSR count). The van der Waals surface area contributed by atoms with E-state index in [0.717, 1.165) is 18.8 Å². The number of nitrogens with one attached hydrogen (secondary N) is 1. The van der Waals surface area contributed by atoms with Gasteiger partial charge in [0.15, 0.2) is 5.82 Å². The summed E-state index contributed by atoms with van der Waals surface area (Å²) in [5, 5.41) is 15.8. The molecule has 0 saturated heterocycles. The molecule has 2 aromatic rings. The van der Waals surface area contributed by atoms with Gasteiger partial charge in [-0.3, -0.25) is 0 Å². The summed E-state index contributed by atoms with van der Waals surface area (Å²) in [5.41, 5.74) is 5.29. The number of rotatable bonds is 5. The Morgan fingerprint density at radius 2 is 1.85 bits per heavy atom. The van der Waals surface area contributed by atoms with E-state index in [4.69, 9.17) is 0 Å². The van der Waals surface area contributed by atoms with Crippen LogP contribution in [0.4, 0.5) is 0 Å². The molecule has 0 spiro atoms. The summed E-state index contributed by atoms with van der Waals surface area (Å²) in [6.45, 7) is 9.51. The summed E-state index contributed by atoms with van der Waals surface area (Å²) in [6, 6.07) is 4.69. The summed E-state index contributed by atoms with van der Waals surface area (Å²) in [5.74, 6) is 0.776. The van der Waals surface area contributed by atoms with Gasteiger partial charge in [-0.1, -0.05) is 24.6 Å². The SMILES string of the molecule is CCNC(Cc1nnn(C)n1)c1c(C)cc(C)cc1C. The predicted molar refractivity (Wildman–Crippen MR) is 79.6 cm³/mol. The Kier molecular flexibility index (Phi) is 4.49. The topological polar surface area (TPSA) is 55.6 Å². The number of benzene rings is 1. The molecule has 0 fully saturated rings. The largest absolute Gasteiger partial charge is 0.310 e. The Hall–Kier alpha value is -1.75. The third-order valence-electron chi connectivity index (χ3n) is 3.47. The molecule has 1 aromatic heterocycles. The molecule has 0 aliphatic carbocycles. The van der Waals surface area contributed by atoms with Crippen LogP contribution >= 0.6 is 0 Å². The smallest absolute Gasteiger partial charge is 0.176 e. The van der Waals surface area contributed by atoms with Crippen LogP contribution in [0, 0.1) is 20.8 Å². The van der Waals surface area contributed by atoms with Gasteiger partial charge in [0, 0.05) is 12.5 Å². The zero-order valence-corrected chi connectivity index (χ0v) is 12.9. The second-order valence-electron chi connectivity index (χ2n) is 5.32. The molecule has 0 bridgehead atoms. The Labute approximate surface area is 120 Å². The van der Waals surface area contributed by atoms with Gasteiger partial charge in [-0.25, -0.2) is 0 Å². The average molecular weight is 273 g/mol. The van der Waals surface area contributed by atoms with Gasteiger partial charge in [0.05, 0.1) is 7.05 Å². The lowest BCUT2D eigenvalue weighted by atomic mass is 9.92. The molecule has 1 unspecified atom stereocenters. The van der Waals surface area contributed by atoms with E-state index in [1.165, 1.54) is 27.1 Å². The summed E-state index contributed by atoms with van der Waals surface area (Å²) < 4.78 is 0. The van der Waals surface area contributed by atoms with Crippen molar-refractivity contribution < 1.29 is 0 Å². The molecule has 20 heavy (non-hydrogen) atoms. The molecule has 1 aromatic carbocycles. The van der Waals surface area contributed by atoms with Gasteiger partial charge in [-0.05, 0) is 49.2 Å². The number of aromatic nitrogens is 4. The Morgan fingerprint density at radius 1 is 1.20 bits per heavy atom. The highest BCUT2D eigenvalue weighted by molar-refractivity contribution is 5.40. The molecule has 1 atom stereocenters. The van der Waals surface area contributed by atoms with Gasteiger partial charge in [0.1, 0.15) is 0 Å². The van der Waals surface area contributed by atoms with E-state index in [1.807, 2.05) is 0 Å². The van der Waals surface area contributed by atoms with E-state index in [-0.39, 0.29) is 6.04 Å². The van der Waals surface area contributed by atoms with Crippen molar-refractivity contribution in [2.75, 3.05) is 6.54 Å². The standard InChI is InChI=1S/C15H23N5/c1-6-16-13(9-14-17-19-20(5)18-14)15-11(3)7-10(2)8-12(15)4/h7-8,13,16H,6,9H2,1-5H3. The molecule has 1 heterocycles. The van der Waals surface area contributed by atoms with Crippen LogP contribution in [0.2, 0.25) is 0 Å². The van der Waals surface area contributed by atoms with Gasteiger partial charge in [0.2, 0.25) is 0 Å². The number of nitrogens with zero attached hydrogens (tertiary/aromatic N) is 4. The molecule has 0 aliphatic rings. The number of hydrogen-bond acceptors (Lipinski definition) is 4. The summed E-state index contributed by atoms with van der Waals surface area (Å²) in [6.07, 6.45) is 0.756. The van der Waals surface area contributed by atoms with Gasteiger partial charge >= 0.3 is 0 Å². The lowest BCUT2D eigenvalue weighted by Gasteiger charge is -2.22. The van der Waals surface area contributed by atoms with Crippen molar-refractivity contribution in [2.45, 2.75) is 40.2 Å². The van der Waals surface area contributed by atoms with Crippen LogP contribution in [0.15, 0.2) is 12.1 Å². The van der Waals surface area contributed by atoms with E-state index in [9.17, 15) is 0 Å². The Bertz CT molecular complexity index is 565. The fourth-order valence-corrected chi connectivity index (χ4v) is 2.85. The minimum atomic E-state index is 0.227. The molecule has 108 valence electrons. The zero-order valence-electron chi connectivity index (χ0n) is 12.9. The summed E-state index contributed by atoms with van der Waals surface area (Å²) in [7, 11) is 1.79. The maximum absolute atomic E-state index is 4.29. The van der Waals surface area contributed by atoms with Crippen molar-refractivity contribution in [3.63, 3.8) is 0 Å². The van der Waals surface area contributed by atoms with E-state index in [1.54, 1.807) is 7.05 Å². The first-order valence-corrected chi connectivity index (χ1v) is 7.05. The third-order valence-corrected chi connectivity index (χ3v) is 3.47. The highest BCUT2D eigenvalue weighted by Gasteiger charge is 2.18. The van der Waals surface area contributed by atoms with Crippen LogP contribution < -0.4 is 5.32 Å². The van der Waals surface area contributed by atoms with Gasteiger partial charge < -0.3 is 5.32 Å². The molecule has 0 amide bonds. The molecule has 5 nitrogen and oxygen atoms in total. The quantitative estimate of drug-likeness (QED) is 0.905. The molecule has 0 saturated carbocycles. The van der Waals surface area contributed by atoms with Crippen LogP contribution in [-0.4, -0.2) is 26.8 Å². The maximum atomic E-state index is 4.29. The molecular weight excluding hydrogens is 250 g/mol. The maximum Gasteiger partial charge on any atom is 0.176 e. The lowest BCUT2D eigenvalue weighted by molar-refractivity contribution is 0.530. The molecule has 1 N–H and O–H groups in total. The van der Waals surface area contributed by atoms with Crippen molar-refractivity contribution in [2.24, 2.45) is 7.05 Å². The van der Waals surface area contributed by atoms with Crippen LogP contribution in [0.25, 0.3) is 0 Å². The van der Waals surface area contributed by atoms with E-state index in [2.05, 4.69) is 60.6 Å². The molecule has 5 heteroatoms. The first kappa shape index (κ1) is 14.7. The van der Waals surface area contributed by atoms with Crippen molar-refractivity contribution in [1.29, 1.82) is 0 Å². The minimum absolute atomic E-state index is 0.227. The van der Waals surface area contributed by atoms with Crippen molar-refractivity contribution in [3.05, 3.63) is 40.2 Å². The van der Waals surface area contributed by atoms with Gasteiger partial charge in [0.25, 0.3) is 0 Å². The zero-order chi connectivity index (χ0) is 14.7. The summed E-state index contributed by atoms with van der Waals surface area (Å²) >= 11 is 0. The second kappa shape index (κ2) is 6.13. The van der Waals surface area contributed by atoms with E-state index in [0.29, 0.717) is 0 Å². The first-order chi connectivity index (χ1) is 9.51. The highest BCUT2D eigenvalue weighted by atomic mass is 15.6. The monoisotopic (exact) mass is 273 g/mol. The summed E-state index contributed by atoms with van der Waals surface area (Å²) in [4.78, 5) is 1.51. The molecular formula is C15H23N5. The van der Waals surface area contributed by atoms with E-state index >= 15 is 0 Å². The fourth-order valence-electron chi connectivity index (χ4n) is 2.85. The Morgan fingerprint density at radius 3 is 2.35 bits per heavy atom.